The molecular formula is C21H15F4N5O2. The Morgan fingerprint density at radius 3 is 2.47 bits per heavy atom. The molecule has 1 saturated carbocycles. The number of hydrogen-bond donors (Lipinski definition) is 1. The molecule has 0 amide bonds. The van der Waals surface area contributed by atoms with Crippen molar-refractivity contribution >= 4 is 22.5 Å². The van der Waals surface area contributed by atoms with E-state index in [1.54, 1.807) is 4.57 Å². The highest BCUT2D eigenvalue weighted by Gasteiger charge is 2.31. The molecule has 0 atom stereocenters. The number of ether oxygens (including phenoxy) is 1. The first kappa shape index (κ1) is 20.0. The molecule has 5 rings (SSSR count). The molecule has 2 aromatic carbocycles. The van der Waals surface area contributed by atoms with Gasteiger partial charge in [-0.2, -0.15) is 13.5 Å². The zero-order valence-electron chi connectivity index (χ0n) is 16.3. The highest BCUT2D eigenvalue weighted by atomic mass is 19.3. The number of nitrogens with one attached hydrogen (secondary N) is 1. The van der Waals surface area contributed by atoms with Crippen molar-refractivity contribution in [1.29, 1.82) is 0 Å². The lowest BCUT2D eigenvalue weighted by Crippen LogP contribution is -2.27. The fraction of sp³-hybridized carbons (Fsp3) is 0.190. The minimum Gasteiger partial charge on any atom is -0.619 e. The summed E-state index contributed by atoms with van der Waals surface area (Å²) in [7, 11) is 0. The Balaban J connectivity index is 1.54. The van der Waals surface area contributed by atoms with Crippen LogP contribution in [0, 0.1) is 16.8 Å². The number of hydrogen-bond acceptors (Lipinski definition) is 5. The molecule has 0 spiro atoms. The number of anilines is 2. The second-order valence-electron chi connectivity index (χ2n) is 7.34. The molecule has 32 heavy (non-hydrogen) atoms. The normalized spacial score (nSPS) is 13.7. The zero-order chi connectivity index (χ0) is 22.4. The molecule has 0 saturated heterocycles. The van der Waals surface area contributed by atoms with Gasteiger partial charge in [0.15, 0.2) is 17.5 Å². The van der Waals surface area contributed by atoms with E-state index in [1.165, 1.54) is 36.7 Å². The van der Waals surface area contributed by atoms with Gasteiger partial charge in [0.25, 0.3) is 0 Å². The van der Waals surface area contributed by atoms with Gasteiger partial charge in [-0.25, -0.2) is 18.7 Å². The first-order valence-corrected chi connectivity index (χ1v) is 9.68. The Morgan fingerprint density at radius 2 is 1.78 bits per heavy atom. The van der Waals surface area contributed by atoms with E-state index < -0.39 is 18.2 Å². The monoisotopic (exact) mass is 445 g/mol. The van der Waals surface area contributed by atoms with E-state index in [4.69, 9.17) is 0 Å². The van der Waals surface area contributed by atoms with Gasteiger partial charge in [-0.1, -0.05) is 0 Å². The van der Waals surface area contributed by atoms with E-state index >= 15 is 0 Å². The SMILES string of the molecule is [O-][n+]1cc(Nc2ccc(OC(F)F)cc2)nc(-n2c(C3CC3)nc3cc(F)c(F)cc32)c1. The number of aromatic nitrogens is 4. The van der Waals surface area contributed by atoms with Crippen LogP contribution in [-0.4, -0.2) is 21.1 Å². The Labute approximate surface area is 178 Å². The van der Waals surface area contributed by atoms with Crippen LogP contribution in [0.1, 0.15) is 24.6 Å². The van der Waals surface area contributed by atoms with Crippen molar-refractivity contribution in [2.75, 3.05) is 5.32 Å². The van der Waals surface area contributed by atoms with Crippen LogP contribution in [0.4, 0.5) is 29.1 Å². The van der Waals surface area contributed by atoms with Crippen LogP contribution in [0.5, 0.6) is 5.75 Å². The quantitative estimate of drug-likeness (QED) is 0.268. The molecule has 11 heteroatoms. The third-order valence-corrected chi connectivity index (χ3v) is 4.97. The second kappa shape index (κ2) is 7.66. The number of alkyl halides is 2. The summed E-state index contributed by atoms with van der Waals surface area (Å²) in [6.07, 6.45) is 4.13. The average molecular weight is 445 g/mol. The molecule has 1 aliphatic carbocycles. The molecule has 1 fully saturated rings. The highest BCUT2D eigenvalue weighted by Crippen LogP contribution is 2.41. The van der Waals surface area contributed by atoms with Crippen LogP contribution < -0.4 is 14.8 Å². The van der Waals surface area contributed by atoms with E-state index in [2.05, 4.69) is 20.0 Å². The number of benzene rings is 2. The lowest BCUT2D eigenvalue weighted by molar-refractivity contribution is -0.604. The lowest BCUT2D eigenvalue weighted by Gasteiger charge is -2.11. The number of rotatable bonds is 6. The molecule has 4 aromatic rings. The molecule has 2 aromatic heterocycles. The van der Waals surface area contributed by atoms with E-state index in [-0.39, 0.29) is 28.8 Å². The second-order valence-corrected chi connectivity index (χ2v) is 7.34. The van der Waals surface area contributed by atoms with Crippen molar-refractivity contribution in [3.8, 4) is 11.6 Å². The Bertz CT molecular complexity index is 1310. The molecule has 2 heterocycles. The summed E-state index contributed by atoms with van der Waals surface area (Å²) < 4.78 is 58.7. The minimum absolute atomic E-state index is 0.0145. The molecule has 0 unspecified atom stereocenters. The van der Waals surface area contributed by atoms with Gasteiger partial charge >= 0.3 is 6.61 Å². The standard InChI is InChI=1S/C21H15F4N5O2/c22-14-7-16-17(8-15(14)23)30(20(27-16)11-1-2-11)19-10-29(31)9-18(28-19)26-12-3-5-13(6-4-12)32-21(24)25/h3-11,21H,1-2H2,(H,26,28). The van der Waals surface area contributed by atoms with Crippen LogP contribution in [0.15, 0.2) is 48.8 Å². The van der Waals surface area contributed by atoms with Crippen molar-refractivity contribution in [1.82, 2.24) is 14.5 Å². The van der Waals surface area contributed by atoms with E-state index in [0.717, 1.165) is 25.0 Å². The lowest BCUT2D eigenvalue weighted by atomic mass is 10.3. The summed E-state index contributed by atoms with van der Waals surface area (Å²) >= 11 is 0. The summed E-state index contributed by atoms with van der Waals surface area (Å²) in [5.41, 5.74) is 1.03. The van der Waals surface area contributed by atoms with Crippen molar-refractivity contribution in [3.05, 3.63) is 71.5 Å². The van der Waals surface area contributed by atoms with Gasteiger partial charge in [0.2, 0.25) is 18.2 Å². The topological polar surface area (TPSA) is 78.9 Å². The Hall–Kier alpha value is -3.89. The van der Waals surface area contributed by atoms with Crippen molar-refractivity contribution in [2.45, 2.75) is 25.4 Å². The summed E-state index contributed by atoms with van der Waals surface area (Å²) in [5.74, 6) is -1.04. The van der Waals surface area contributed by atoms with Crippen LogP contribution >= 0.6 is 0 Å². The third kappa shape index (κ3) is 3.88. The summed E-state index contributed by atoms with van der Waals surface area (Å²) in [5, 5.41) is 15.2. The molecule has 0 radical (unpaired) electrons. The molecule has 0 aliphatic heterocycles. The molecular weight excluding hydrogens is 430 g/mol. The summed E-state index contributed by atoms with van der Waals surface area (Å²) in [6, 6.07) is 7.71. The van der Waals surface area contributed by atoms with Crippen molar-refractivity contribution < 1.29 is 27.0 Å². The van der Waals surface area contributed by atoms with Crippen molar-refractivity contribution in [3.63, 3.8) is 0 Å². The van der Waals surface area contributed by atoms with Gasteiger partial charge in [0, 0.05) is 23.7 Å². The maximum Gasteiger partial charge on any atom is 0.387 e. The van der Waals surface area contributed by atoms with E-state index in [0.29, 0.717) is 21.8 Å². The van der Waals surface area contributed by atoms with Gasteiger partial charge in [-0.3, -0.25) is 4.57 Å². The van der Waals surface area contributed by atoms with Gasteiger partial charge in [-0.05, 0) is 37.1 Å². The van der Waals surface area contributed by atoms with Crippen LogP contribution in [0.25, 0.3) is 16.9 Å². The third-order valence-electron chi connectivity index (χ3n) is 4.97. The molecule has 0 bridgehead atoms. The average Bonchev–Trinajstić information content (AvgIpc) is 3.51. The van der Waals surface area contributed by atoms with Gasteiger partial charge in [0.1, 0.15) is 11.6 Å². The number of nitrogens with zero attached hydrogens (tertiary/aromatic N) is 4. The smallest absolute Gasteiger partial charge is 0.387 e. The highest BCUT2D eigenvalue weighted by molar-refractivity contribution is 5.78. The number of imidazole rings is 1. The molecule has 164 valence electrons. The van der Waals surface area contributed by atoms with E-state index in [1.807, 2.05) is 0 Å². The first-order chi connectivity index (χ1) is 15.4. The van der Waals surface area contributed by atoms with Crippen LogP contribution in [0.3, 0.4) is 0 Å². The predicted molar refractivity (Wildman–Crippen MR) is 106 cm³/mol. The largest absolute Gasteiger partial charge is 0.619 e. The van der Waals surface area contributed by atoms with Gasteiger partial charge < -0.3 is 15.3 Å². The minimum atomic E-state index is -2.93. The summed E-state index contributed by atoms with van der Waals surface area (Å²) in [4.78, 5) is 8.88. The Morgan fingerprint density at radius 1 is 1.06 bits per heavy atom. The molecule has 7 nitrogen and oxygen atoms in total. The van der Waals surface area contributed by atoms with Crippen molar-refractivity contribution in [2.24, 2.45) is 0 Å². The fourth-order valence-electron chi connectivity index (χ4n) is 3.44. The summed E-state index contributed by atoms with van der Waals surface area (Å²) in [6.45, 7) is -2.93. The first-order valence-electron chi connectivity index (χ1n) is 9.68. The van der Waals surface area contributed by atoms with E-state index in [9.17, 15) is 22.8 Å². The fourth-order valence-corrected chi connectivity index (χ4v) is 3.44. The zero-order valence-corrected chi connectivity index (χ0v) is 16.3. The molecule has 1 N–H and O–H groups in total. The number of halogens is 4. The van der Waals surface area contributed by atoms with Crippen LogP contribution in [-0.2, 0) is 0 Å². The van der Waals surface area contributed by atoms with Gasteiger partial charge in [-0.15, -0.1) is 0 Å². The molecule has 1 aliphatic rings. The Kier molecular flexibility index (Phi) is 4.80. The van der Waals surface area contributed by atoms with Gasteiger partial charge in [0.05, 0.1) is 11.0 Å². The maximum absolute atomic E-state index is 14.0. The predicted octanol–water partition coefficient (Wildman–Crippen LogP) is 4.55. The van der Waals surface area contributed by atoms with Crippen LogP contribution in [0.2, 0.25) is 0 Å². The number of fused-ring (bicyclic) bond motifs is 1. The maximum atomic E-state index is 14.0.